The SMILES string of the molecule is COCCCc1ccc(Cl)c(C(=O)NC2CC2)c1. The Hall–Kier alpha value is -1.06. The van der Waals surface area contributed by atoms with E-state index in [0.717, 1.165) is 37.9 Å². The summed E-state index contributed by atoms with van der Waals surface area (Å²) >= 11 is 6.07. The highest BCUT2D eigenvalue weighted by molar-refractivity contribution is 6.33. The van der Waals surface area contributed by atoms with E-state index in [2.05, 4.69) is 5.32 Å². The van der Waals surface area contributed by atoms with Crippen LogP contribution < -0.4 is 5.32 Å². The molecule has 1 amide bonds. The number of hydrogen-bond donors (Lipinski definition) is 1. The van der Waals surface area contributed by atoms with E-state index in [0.29, 0.717) is 16.6 Å². The van der Waals surface area contributed by atoms with Crippen LogP contribution in [-0.4, -0.2) is 25.7 Å². The van der Waals surface area contributed by atoms with Gasteiger partial charge in [-0.1, -0.05) is 17.7 Å². The van der Waals surface area contributed by atoms with Gasteiger partial charge >= 0.3 is 0 Å². The lowest BCUT2D eigenvalue weighted by Crippen LogP contribution is -2.25. The molecule has 4 heteroatoms. The average Bonchev–Trinajstić information content (AvgIpc) is 3.15. The second kappa shape index (κ2) is 6.21. The maximum absolute atomic E-state index is 12.0. The van der Waals surface area contributed by atoms with Crippen LogP contribution in [0.25, 0.3) is 0 Å². The summed E-state index contributed by atoms with van der Waals surface area (Å²) < 4.78 is 5.02. The van der Waals surface area contributed by atoms with E-state index >= 15 is 0 Å². The lowest BCUT2D eigenvalue weighted by Gasteiger charge is -2.08. The predicted molar refractivity (Wildman–Crippen MR) is 72.1 cm³/mol. The average molecular weight is 268 g/mol. The Morgan fingerprint density at radius 3 is 2.94 bits per heavy atom. The third-order valence-electron chi connectivity index (χ3n) is 3.00. The molecule has 98 valence electrons. The quantitative estimate of drug-likeness (QED) is 0.805. The van der Waals surface area contributed by atoms with Gasteiger partial charge in [-0.15, -0.1) is 0 Å². The summed E-state index contributed by atoms with van der Waals surface area (Å²) in [5.41, 5.74) is 1.70. The van der Waals surface area contributed by atoms with Gasteiger partial charge in [-0.25, -0.2) is 0 Å². The van der Waals surface area contributed by atoms with Crippen LogP contribution in [0.4, 0.5) is 0 Å². The summed E-state index contributed by atoms with van der Waals surface area (Å²) in [6, 6.07) is 6.00. The second-order valence-electron chi connectivity index (χ2n) is 4.66. The number of hydrogen-bond acceptors (Lipinski definition) is 2. The summed E-state index contributed by atoms with van der Waals surface area (Å²) in [5.74, 6) is -0.0592. The molecule has 0 bridgehead atoms. The van der Waals surface area contributed by atoms with Crippen molar-refractivity contribution in [2.24, 2.45) is 0 Å². The molecule has 0 atom stereocenters. The molecule has 0 aliphatic heterocycles. The van der Waals surface area contributed by atoms with Crippen molar-refractivity contribution in [2.45, 2.75) is 31.7 Å². The normalized spacial score (nSPS) is 14.6. The van der Waals surface area contributed by atoms with Gasteiger partial charge in [-0.2, -0.15) is 0 Å². The van der Waals surface area contributed by atoms with Crippen molar-refractivity contribution >= 4 is 17.5 Å². The van der Waals surface area contributed by atoms with E-state index in [1.54, 1.807) is 13.2 Å². The summed E-state index contributed by atoms with van der Waals surface area (Å²) in [6.07, 6.45) is 4.00. The number of methoxy groups -OCH3 is 1. The highest BCUT2D eigenvalue weighted by Crippen LogP contribution is 2.22. The van der Waals surface area contributed by atoms with Crippen molar-refractivity contribution < 1.29 is 9.53 Å². The maximum atomic E-state index is 12.0. The molecule has 3 nitrogen and oxygen atoms in total. The first kappa shape index (κ1) is 13.4. The van der Waals surface area contributed by atoms with Crippen molar-refractivity contribution in [3.8, 4) is 0 Å². The minimum absolute atomic E-state index is 0.0592. The number of halogens is 1. The zero-order chi connectivity index (χ0) is 13.0. The Morgan fingerprint density at radius 2 is 2.28 bits per heavy atom. The van der Waals surface area contributed by atoms with Crippen LogP contribution in [-0.2, 0) is 11.2 Å². The van der Waals surface area contributed by atoms with Crippen LogP contribution in [0, 0.1) is 0 Å². The molecule has 0 radical (unpaired) electrons. The fourth-order valence-corrected chi connectivity index (χ4v) is 2.02. The standard InChI is InChI=1S/C14H18ClNO2/c1-18-8-2-3-10-4-7-13(15)12(9-10)14(17)16-11-5-6-11/h4,7,9,11H,2-3,5-6,8H2,1H3,(H,16,17). The number of nitrogens with one attached hydrogen (secondary N) is 1. The molecular formula is C14H18ClNO2. The van der Waals surface area contributed by atoms with E-state index in [9.17, 15) is 4.79 Å². The summed E-state index contributed by atoms with van der Waals surface area (Å²) in [7, 11) is 1.69. The molecule has 0 spiro atoms. The molecule has 0 aromatic heterocycles. The number of amides is 1. The number of benzene rings is 1. The zero-order valence-corrected chi connectivity index (χ0v) is 11.3. The van der Waals surface area contributed by atoms with Gasteiger partial charge in [-0.3, -0.25) is 4.79 Å². The molecule has 1 saturated carbocycles. The Bertz CT molecular complexity index is 430. The highest BCUT2D eigenvalue weighted by atomic mass is 35.5. The Morgan fingerprint density at radius 1 is 1.50 bits per heavy atom. The molecule has 1 N–H and O–H groups in total. The van der Waals surface area contributed by atoms with Crippen molar-refractivity contribution in [3.05, 3.63) is 34.3 Å². The minimum atomic E-state index is -0.0592. The lowest BCUT2D eigenvalue weighted by molar-refractivity contribution is 0.0951. The predicted octanol–water partition coefficient (Wildman–Crippen LogP) is 2.81. The van der Waals surface area contributed by atoms with E-state index in [-0.39, 0.29) is 5.91 Å². The van der Waals surface area contributed by atoms with Gasteiger partial charge < -0.3 is 10.1 Å². The fourth-order valence-electron chi connectivity index (χ4n) is 1.81. The molecule has 1 aromatic carbocycles. The molecule has 1 fully saturated rings. The van der Waals surface area contributed by atoms with Crippen LogP contribution in [0.2, 0.25) is 5.02 Å². The van der Waals surface area contributed by atoms with Crippen LogP contribution in [0.3, 0.4) is 0 Å². The van der Waals surface area contributed by atoms with Crippen molar-refractivity contribution in [1.82, 2.24) is 5.32 Å². The van der Waals surface area contributed by atoms with Gasteiger partial charge in [0.1, 0.15) is 0 Å². The zero-order valence-electron chi connectivity index (χ0n) is 10.5. The second-order valence-corrected chi connectivity index (χ2v) is 5.07. The van der Waals surface area contributed by atoms with E-state index in [4.69, 9.17) is 16.3 Å². The van der Waals surface area contributed by atoms with Gasteiger partial charge in [0, 0.05) is 19.8 Å². The molecule has 0 heterocycles. The lowest BCUT2D eigenvalue weighted by atomic mass is 10.1. The van der Waals surface area contributed by atoms with E-state index < -0.39 is 0 Å². The first-order valence-electron chi connectivity index (χ1n) is 6.29. The maximum Gasteiger partial charge on any atom is 0.253 e. The third kappa shape index (κ3) is 3.72. The van der Waals surface area contributed by atoms with Gasteiger partial charge in [0.15, 0.2) is 0 Å². The van der Waals surface area contributed by atoms with Gasteiger partial charge in [0.25, 0.3) is 5.91 Å². The number of carbonyl (C=O) groups excluding carboxylic acids is 1. The number of ether oxygens (including phenoxy) is 1. The Kier molecular flexibility index (Phi) is 4.61. The largest absolute Gasteiger partial charge is 0.385 e. The summed E-state index contributed by atoms with van der Waals surface area (Å²) in [5, 5.41) is 3.47. The monoisotopic (exact) mass is 267 g/mol. The Balaban J connectivity index is 2.02. The molecule has 0 saturated heterocycles. The van der Waals surface area contributed by atoms with Crippen LogP contribution >= 0.6 is 11.6 Å². The molecular weight excluding hydrogens is 250 g/mol. The first-order valence-corrected chi connectivity index (χ1v) is 6.66. The molecule has 1 aromatic rings. The van der Waals surface area contributed by atoms with Crippen LogP contribution in [0.15, 0.2) is 18.2 Å². The topological polar surface area (TPSA) is 38.3 Å². The molecule has 18 heavy (non-hydrogen) atoms. The van der Waals surface area contributed by atoms with E-state index in [1.807, 2.05) is 12.1 Å². The molecule has 1 aliphatic carbocycles. The number of carbonyl (C=O) groups is 1. The molecule has 1 aliphatic rings. The smallest absolute Gasteiger partial charge is 0.253 e. The van der Waals surface area contributed by atoms with Gasteiger partial charge in [-0.05, 0) is 43.4 Å². The van der Waals surface area contributed by atoms with Crippen molar-refractivity contribution in [2.75, 3.05) is 13.7 Å². The van der Waals surface area contributed by atoms with Crippen LogP contribution in [0.1, 0.15) is 35.2 Å². The highest BCUT2D eigenvalue weighted by Gasteiger charge is 2.24. The van der Waals surface area contributed by atoms with E-state index in [1.165, 1.54) is 0 Å². The molecule has 0 unspecified atom stereocenters. The van der Waals surface area contributed by atoms with Crippen LogP contribution in [0.5, 0.6) is 0 Å². The summed E-state index contributed by atoms with van der Waals surface area (Å²) in [6.45, 7) is 0.728. The van der Waals surface area contributed by atoms with Gasteiger partial charge in [0.2, 0.25) is 0 Å². The molecule has 2 rings (SSSR count). The fraction of sp³-hybridized carbons (Fsp3) is 0.500. The van der Waals surface area contributed by atoms with Gasteiger partial charge in [0.05, 0.1) is 10.6 Å². The Labute approximate surface area is 112 Å². The van der Waals surface area contributed by atoms with Crippen molar-refractivity contribution in [3.63, 3.8) is 0 Å². The number of rotatable bonds is 6. The minimum Gasteiger partial charge on any atom is -0.385 e. The first-order chi connectivity index (χ1) is 8.70. The third-order valence-corrected chi connectivity index (χ3v) is 3.33. The van der Waals surface area contributed by atoms with Crippen molar-refractivity contribution in [1.29, 1.82) is 0 Å². The summed E-state index contributed by atoms with van der Waals surface area (Å²) in [4.78, 5) is 12.0. The number of aryl methyl sites for hydroxylation is 1.